The molecule has 0 aliphatic rings. The van der Waals surface area contributed by atoms with Crippen molar-refractivity contribution in [2.24, 2.45) is 0 Å². The number of aromatic nitrogens is 4. The third-order valence-electron chi connectivity index (χ3n) is 5.70. The minimum atomic E-state index is -0.581. The van der Waals surface area contributed by atoms with Gasteiger partial charge >= 0.3 is 5.97 Å². The number of ether oxygens (including phenoxy) is 2. The molecule has 3 aromatic carbocycles. The van der Waals surface area contributed by atoms with Crippen LogP contribution in [0.4, 0.5) is 5.82 Å². The molecule has 38 heavy (non-hydrogen) atoms. The van der Waals surface area contributed by atoms with E-state index in [0.717, 1.165) is 11.1 Å². The van der Waals surface area contributed by atoms with Crippen molar-refractivity contribution in [3.63, 3.8) is 0 Å². The lowest BCUT2D eigenvalue weighted by Crippen LogP contribution is -2.19. The van der Waals surface area contributed by atoms with E-state index in [4.69, 9.17) is 9.47 Å². The van der Waals surface area contributed by atoms with Crippen LogP contribution in [0.5, 0.6) is 5.75 Å². The van der Waals surface area contributed by atoms with Crippen LogP contribution < -0.4 is 10.1 Å². The zero-order chi connectivity index (χ0) is 26.3. The number of nitrogens with one attached hydrogen (secondary N) is 1. The number of hydrogen-bond donors (Lipinski definition) is 1. The van der Waals surface area contributed by atoms with Gasteiger partial charge in [-0.25, -0.2) is 14.2 Å². The molecular weight excluding hydrogens is 482 g/mol. The van der Waals surface area contributed by atoms with E-state index >= 15 is 0 Å². The largest absolute Gasteiger partial charge is 0.471 e. The first-order chi connectivity index (χ1) is 18.6. The quantitative estimate of drug-likeness (QED) is 0.275. The Morgan fingerprint density at radius 2 is 1.55 bits per heavy atom. The van der Waals surface area contributed by atoms with Gasteiger partial charge in [0.25, 0.3) is 5.91 Å². The summed E-state index contributed by atoms with van der Waals surface area (Å²) in [4.78, 5) is 25.6. The van der Waals surface area contributed by atoms with Crippen LogP contribution >= 0.6 is 0 Å². The summed E-state index contributed by atoms with van der Waals surface area (Å²) < 4.78 is 14.0. The molecule has 0 atom stereocenters. The molecule has 1 amide bonds. The first-order valence-electron chi connectivity index (χ1n) is 12.1. The van der Waals surface area contributed by atoms with Gasteiger partial charge in [-0.05, 0) is 48.4 Å². The second-order valence-corrected chi connectivity index (χ2v) is 8.23. The lowest BCUT2D eigenvalue weighted by atomic mass is 10.1. The van der Waals surface area contributed by atoms with E-state index in [2.05, 4.69) is 27.6 Å². The smallest absolute Gasteiger partial charge is 0.343 e. The number of esters is 1. The lowest BCUT2D eigenvalue weighted by molar-refractivity contribution is 0.0527. The number of anilines is 1. The second-order valence-electron chi connectivity index (χ2n) is 8.23. The van der Waals surface area contributed by atoms with Gasteiger partial charge in [-0.3, -0.25) is 4.79 Å². The molecule has 0 fully saturated rings. The Kier molecular flexibility index (Phi) is 7.26. The van der Waals surface area contributed by atoms with E-state index in [9.17, 15) is 9.59 Å². The minimum absolute atomic E-state index is 0.119. The number of benzene rings is 3. The van der Waals surface area contributed by atoms with Crippen LogP contribution in [0.3, 0.4) is 0 Å². The first kappa shape index (κ1) is 24.5. The summed E-state index contributed by atoms with van der Waals surface area (Å²) in [6, 6.07) is 28.6. The van der Waals surface area contributed by atoms with Gasteiger partial charge < -0.3 is 14.8 Å². The summed E-state index contributed by atoms with van der Waals surface area (Å²) in [6.07, 6.45) is 3.02. The Morgan fingerprint density at radius 1 is 0.868 bits per heavy atom. The number of amides is 1. The average molecular weight is 508 g/mol. The van der Waals surface area contributed by atoms with Crippen molar-refractivity contribution in [1.29, 1.82) is 0 Å². The van der Waals surface area contributed by atoms with Gasteiger partial charge in [-0.1, -0.05) is 60.7 Å². The molecule has 9 nitrogen and oxygen atoms in total. The van der Waals surface area contributed by atoms with Crippen molar-refractivity contribution in [1.82, 2.24) is 19.6 Å². The molecule has 0 saturated heterocycles. The molecule has 1 N–H and O–H groups in total. The summed E-state index contributed by atoms with van der Waals surface area (Å²) in [5.41, 5.74) is 3.19. The van der Waals surface area contributed by atoms with Crippen molar-refractivity contribution in [3.05, 3.63) is 115 Å². The monoisotopic (exact) mass is 507 g/mol. The number of carbonyl (C=O) groups is 2. The van der Waals surface area contributed by atoms with Gasteiger partial charge in [0, 0.05) is 6.20 Å². The predicted molar refractivity (Wildman–Crippen MR) is 142 cm³/mol. The highest BCUT2D eigenvalue weighted by molar-refractivity contribution is 6.06. The van der Waals surface area contributed by atoms with Crippen molar-refractivity contribution in [2.75, 3.05) is 11.9 Å². The Bertz CT molecular complexity index is 1530. The summed E-state index contributed by atoms with van der Waals surface area (Å²) in [5.74, 6) is -0.206. The van der Waals surface area contributed by atoms with E-state index < -0.39 is 11.9 Å². The van der Waals surface area contributed by atoms with Crippen LogP contribution in [-0.2, 0) is 11.5 Å². The second kappa shape index (κ2) is 11.3. The van der Waals surface area contributed by atoms with Gasteiger partial charge in [0.15, 0.2) is 18.2 Å². The molecule has 0 radical (unpaired) electrons. The molecule has 5 aromatic rings. The van der Waals surface area contributed by atoms with E-state index in [1.165, 1.54) is 15.6 Å². The maximum Gasteiger partial charge on any atom is 0.343 e. The van der Waals surface area contributed by atoms with Crippen LogP contribution in [0.25, 0.3) is 16.8 Å². The highest BCUT2D eigenvalue weighted by Gasteiger charge is 2.23. The van der Waals surface area contributed by atoms with Crippen molar-refractivity contribution in [3.8, 4) is 22.6 Å². The molecule has 0 saturated carbocycles. The molecule has 5 rings (SSSR count). The van der Waals surface area contributed by atoms with E-state index in [1.807, 2.05) is 72.8 Å². The molecule has 0 spiro atoms. The minimum Gasteiger partial charge on any atom is -0.471 e. The third-order valence-corrected chi connectivity index (χ3v) is 5.70. The summed E-state index contributed by atoms with van der Waals surface area (Å²) in [6.45, 7) is 2.03. The van der Waals surface area contributed by atoms with Gasteiger partial charge in [-0.15, -0.1) is 0 Å². The van der Waals surface area contributed by atoms with Crippen LogP contribution in [-0.4, -0.2) is 38.0 Å². The first-order valence-corrected chi connectivity index (χ1v) is 12.1. The van der Waals surface area contributed by atoms with Gasteiger partial charge in [0.1, 0.15) is 11.3 Å². The molecule has 0 aliphatic carbocycles. The normalized spacial score (nSPS) is 10.7. The summed E-state index contributed by atoms with van der Waals surface area (Å²) in [5, 5.41) is 11.4. The van der Waals surface area contributed by atoms with Crippen LogP contribution in [0.15, 0.2) is 103 Å². The summed E-state index contributed by atoms with van der Waals surface area (Å²) in [7, 11) is 0. The molecule has 0 bridgehead atoms. The fraction of sp³-hybridized carbons (Fsp3) is 0.103. The predicted octanol–water partition coefficient (Wildman–Crippen LogP) is 5.20. The fourth-order valence-corrected chi connectivity index (χ4v) is 3.83. The van der Waals surface area contributed by atoms with E-state index in [0.29, 0.717) is 11.4 Å². The Morgan fingerprint density at radius 3 is 2.26 bits per heavy atom. The van der Waals surface area contributed by atoms with Crippen LogP contribution in [0.2, 0.25) is 0 Å². The number of para-hydroxylation sites is 1. The van der Waals surface area contributed by atoms with Crippen molar-refractivity contribution in [2.45, 2.75) is 13.7 Å². The molecule has 2 heterocycles. The Balaban J connectivity index is 1.28. The maximum absolute atomic E-state index is 13.1. The van der Waals surface area contributed by atoms with Crippen LogP contribution in [0.1, 0.15) is 27.8 Å². The Labute approximate surface area is 219 Å². The van der Waals surface area contributed by atoms with Gasteiger partial charge in [0.2, 0.25) is 0 Å². The molecular formula is C29H25N5O4. The Hall–Kier alpha value is -5.18. The highest BCUT2D eigenvalue weighted by atomic mass is 16.5. The van der Waals surface area contributed by atoms with Crippen molar-refractivity contribution < 1.29 is 19.1 Å². The van der Waals surface area contributed by atoms with E-state index in [-0.39, 0.29) is 30.4 Å². The third kappa shape index (κ3) is 5.46. The fourth-order valence-electron chi connectivity index (χ4n) is 3.83. The number of rotatable bonds is 9. The molecule has 2 aromatic heterocycles. The van der Waals surface area contributed by atoms with Gasteiger partial charge in [-0.2, -0.15) is 10.2 Å². The molecule has 0 unspecified atom stereocenters. The standard InChI is InChI=1S/C29H25N5O4/c1-2-37-29(36)25-19-30-34(23-11-7-4-8-12-23)27(25)31-28(35)26-17-18-33(32-26)20-38-24-15-13-22(14-16-24)21-9-5-3-6-10-21/h3-19H,2,20H2,1H3,(H,31,35). The number of hydrogen-bond acceptors (Lipinski definition) is 6. The van der Waals surface area contributed by atoms with Gasteiger partial charge in [0.05, 0.1) is 18.5 Å². The van der Waals surface area contributed by atoms with Crippen molar-refractivity contribution >= 4 is 17.7 Å². The van der Waals surface area contributed by atoms with E-state index in [1.54, 1.807) is 19.2 Å². The highest BCUT2D eigenvalue weighted by Crippen LogP contribution is 2.23. The van der Waals surface area contributed by atoms with Crippen LogP contribution in [0, 0.1) is 0 Å². The zero-order valence-corrected chi connectivity index (χ0v) is 20.7. The SMILES string of the molecule is CCOC(=O)c1cnn(-c2ccccc2)c1NC(=O)c1ccn(COc2ccc(-c3ccccc3)cc2)n1. The topological polar surface area (TPSA) is 100 Å². The average Bonchev–Trinajstić information content (AvgIpc) is 3.61. The number of carbonyl (C=O) groups excluding carboxylic acids is 2. The molecule has 0 aliphatic heterocycles. The summed E-state index contributed by atoms with van der Waals surface area (Å²) >= 11 is 0. The maximum atomic E-state index is 13.1. The molecule has 9 heteroatoms. The number of nitrogens with zero attached hydrogens (tertiary/aromatic N) is 4. The zero-order valence-electron chi connectivity index (χ0n) is 20.7. The molecule has 190 valence electrons. The lowest BCUT2D eigenvalue weighted by Gasteiger charge is -2.10.